The van der Waals surface area contributed by atoms with Crippen LogP contribution in [0.25, 0.3) is 0 Å². The molecule has 0 aliphatic heterocycles. The fourth-order valence-electron chi connectivity index (χ4n) is 12.2. The Labute approximate surface area is 607 Å². The maximum atomic E-state index is 13.1. The highest BCUT2D eigenvalue weighted by molar-refractivity contribution is 7.47. The number of aliphatic hydroxyl groups excluding tert-OH is 1. The highest BCUT2D eigenvalue weighted by Gasteiger charge is 2.30. The molecule has 0 amide bonds. The van der Waals surface area contributed by atoms with Gasteiger partial charge in [0.05, 0.1) is 26.4 Å². The van der Waals surface area contributed by atoms with E-state index in [-0.39, 0.29) is 25.7 Å². The molecule has 19 heteroatoms. The number of unbranched alkanes of at least 4 members (excludes halogenated alkanes) is 42. The van der Waals surface area contributed by atoms with Gasteiger partial charge < -0.3 is 33.8 Å². The average Bonchev–Trinajstić information content (AvgIpc) is 1.14. The number of carbonyl (C=O) groups is 4. The Morgan fingerprint density at radius 2 is 0.485 bits per heavy atom. The van der Waals surface area contributed by atoms with Gasteiger partial charge in [-0.2, -0.15) is 0 Å². The number of phosphoric acid groups is 2. The van der Waals surface area contributed by atoms with E-state index in [9.17, 15) is 43.2 Å². The predicted octanol–water partition coefficient (Wildman–Crippen LogP) is 23.6. The molecule has 0 saturated heterocycles. The molecule has 0 aromatic carbocycles. The van der Waals surface area contributed by atoms with Gasteiger partial charge in [0.2, 0.25) is 0 Å². The van der Waals surface area contributed by atoms with Crippen molar-refractivity contribution >= 4 is 39.5 Å². The molecule has 0 bridgehead atoms. The second-order valence-electron chi connectivity index (χ2n) is 30.5. The lowest BCUT2D eigenvalue weighted by Gasteiger charge is -2.21. The van der Waals surface area contributed by atoms with Gasteiger partial charge in [0, 0.05) is 25.7 Å². The van der Waals surface area contributed by atoms with Crippen LogP contribution >= 0.6 is 15.6 Å². The van der Waals surface area contributed by atoms with Crippen molar-refractivity contribution < 1.29 is 80.2 Å². The van der Waals surface area contributed by atoms with E-state index < -0.39 is 97.5 Å². The molecule has 0 rings (SSSR count). The highest BCUT2D eigenvalue weighted by Crippen LogP contribution is 2.45. The Hall–Kier alpha value is -1.94. The SMILES string of the molecule is CCC(C)CCCCCCCCCCCCC(=O)OC[C@H](COP(=O)(O)OCC(O)COP(=O)(O)OC[C@@H](COC(=O)CCCCCCCCCC(C)C)OC(=O)CCCCCCCCCCCCCCCCCCCCC(C)C)OC(=O)CCCCCCCCCCCCCC(C)C. The number of hydrogen-bond acceptors (Lipinski definition) is 15. The van der Waals surface area contributed by atoms with Gasteiger partial charge in [0.15, 0.2) is 12.2 Å². The van der Waals surface area contributed by atoms with Gasteiger partial charge in [-0.3, -0.25) is 37.3 Å². The first-order chi connectivity index (χ1) is 47.6. The molecule has 0 aromatic rings. The van der Waals surface area contributed by atoms with Crippen molar-refractivity contribution in [2.24, 2.45) is 23.7 Å². The third kappa shape index (κ3) is 72.8. The van der Waals surface area contributed by atoms with Crippen LogP contribution in [0.15, 0.2) is 0 Å². The molecular weight excluding hydrogens is 1290 g/mol. The summed E-state index contributed by atoms with van der Waals surface area (Å²) in [5.41, 5.74) is 0. The third-order valence-electron chi connectivity index (χ3n) is 18.9. The minimum absolute atomic E-state index is 0.106. The highest BCUT2D eigenvalue weighted by atomic mass is 31.2. The van der Waals surface area contributed by atoms with Crippen LogP contribution in [0.5, 0.6) is 0 Å². The van der Waals surface area contributed by atoms with Gasteiger partial charge >= 0.3 is 39.5 Å². The molecule has 0 saturated carbocycles. The van der Waals surface area contributed by atoms with Crippen LogP contribution in [0.4, 0.5) is 0 Å². The van der Waals surface area contributed by atoms with E-state index in [4.69, 9.17) is 37.0 Å². The number of phosphoric ester groups is 2. The number of ether oxygens (including phenoxy) is 4. The van der Waals surface area contributed by atoms with Crippen molar-refractivity contribution in [2.75, 3.05) is 39.6 Å². The quantitative estimate of drug-likeness (QED) is 0.0222. The van der Waals surface area contributed by atoms with Gasteiger partial charge in [0.25, 0.3) is 0 Å². The molecule has 0 aliphatic rings. The van der Waals surface area contributed by atoms with E-state index in [0.717, 1.165) is 114 Å². The van der Waals surface area contributed by atoms with Gasteiger partial charge in [-0.15, -0.1) is 0 Å². The monoisotopic (exact) mass is 1450 g/mol. The summed E-state index contributed by atoms with van der Waals surface area (Å²) in [6, 6.07) is 0. The zero-order valence-electron chi connectivity index (χ0n) is 65.1. The summed E-state index contributed by atoms with van der Waals surface area (Å²) < 4.78 is 68.7. The number of rotatable bonds is 77. The van der Waals surface area contributed by atoms with Crippen LogP contribution in [0.2, 0.25) is 0 Å². The molecule has 0 aromatic heterocycles. The molecule has 0 radical (unpaired) electrons. The van der Waals surface area contributed by atoms with E-state index in [1.807, 2.05) is 0 Å². The molecule has 6 atom stereocenters. The minimum atomic E-state index is -4.96. The number of hydrogen-bond donors (Lipinski definition) is 3. The largest absolute Gasteiger partial charge is 0.472 e. The second kappa shape index (κ2) is 69.1. The number of aliphatic hydroxyl groups is 1. The summed E-state index contributed by atoms with van der Waals surface area (Å²) in [5, 5.41) is 10.6. The van der Waals surface area contributed by atoms with Crippen molar-refractivity contribution in [1.29, 1.82) is 0 Å². The first-order valence-electron chi connectivity index (χ1n) is 41.2. The summed E-state index contributed by atoms with van der Waals surface area (Å²) in [6.45, 7) is 14.2. The molecule has 0 spiro atoms. The molecule has 0 heterocycles. The molecule has 99 heavy (non-hydrogen) atoms. The maximum Gasteiger partial charge on any atom is 0.472 e. The molecule has 0 fully saturated rings. The summed E-state index contributed by atoms with van der Waals surface area (Å²) in [7, 11) is -9.92. The normalized spacial score (nSPS) is 14.3. The van der Waals surface area contributed by atoms with Gasteiger partial charge in [0.1, 0.15) is 19.3 Å². The van der Waals surface area contributed by atoms with Crippen molar-refractivity contribution in [1.82, 2.24) is 0 Å². The van der Waals surface area contributed by atoms with E-state index in [1.165, 1.54) is 205 Å². The van der Waals surface area contributed by atoms with E-state index in [2.05, 4.69) is 55.4 Å². The van der Waals surface area contributed by atoms with Crippen LogP contribution in [0.1, 0.15) is 409 Å². The summed E-state index contributed by atoms with van der Waals surface area (Å²) in [6.07, 6.45) is 55.6. The summed E-state index contributed by atoms with van der Waals surface area (Å²) in [4.78, 5) is 73.0. The second-order valence-corrected chi connectivity index (χ2v) is 33.4. The summed E-state index contributed by atoms with van der Waals surface area (Å²) >= 11 is 0. The molecule has 4 unspecified atom stereocenters. The standard InChI is InChI=1S/C80H156O17P2/c1-9-73(8)59-51-43-35-27-23-24-28-36-44-52-60-77(82)90-66-75(96-80(85)63-55-47-38-30-22-18-20-26-33-41-49-57-71(4)5)68-94-98(86,87)92-64-74(81)65-93-99(88,89)95-69-76(67-91-78(83)61-53-45-39-31-34-42-50-58-72(6)7)97-79(84)62-54-46-37-29-21-17-15-13-11-10-12-14-16-19-25-32-40-48-56-70(2)3/h70-76,81H,9-69H2,1-8H3,(H,86,87)(H,88,89)/t73?,74?,75-,76-/m1/s1. The zero-order valence-corrected chi connectivity index (χ0v) is 66.9. The van der Waals surface area contributed by atoms with Crippen LogP contribution < -0.4 is 0 Å². The number of esters is 4. The Morgan fingerprint density at radius 3 is 0.717 bits per heavy atom. The van der Waals surface area contributed by atoms with Gasteiger partial charge in [-0.05, 0) is 49.4 Å². The lowest BCUT2D eigenvalue weighted by molar-refractivity contribution is -0.161. The van der Waals surface area contributed by atoms with Crippen molar-refractivity contribution in [3.8, 4) is 0 Å². The average molecular weight is 1450 g/mol. The molecule has 0 aliphatic carbocycles. The maximum absolute atomic E-state index is 13.1. The van der Waals surface area contributed by atoms with Crippen molar-refractivity contribution in [3.05, 3.63) is 0 Å². The van der Waals surface area contributed by atoms with E-state index in [1.54, 1.807) is 0 Å². The Kier molecular flexibility index (Phi) is 67.8. The zero-order chi connectivity index (χ0) is 73.1. The van der Waals surface area contributed by atoms with Crippen molar-refractivity contribution in [2.45, 2.75) is 427 Å². The fourth-order valence-corrected chi connectivity index (χ4v) is 13.8. The molecule has 3 N–H and O–H groups in total. The topological polar surface area (TPSA) is 237 Å². The molecular formula is C80H156O17P2. The Bertz CT molecular complexity index is 1940. The van der Waals surface area contributed by atoms with Crippen LogP contribution in [0, 0.1) is 23.7 Å². The Morgan fingerprint density at radius 1 is 0.283 bits per heavy atom. The van der Waals surface area contributed by atoms with Gasteiger partial charge in [-0.1, -0.05) is 357 Å². The summed E-state index contributed by atoms with van der Waals surface area (Å²) in [5.74, 6) is 0.983. The lowest BCUT2D eigenvalue weighted by Crippen LogP contribution is -2.30. The minimum Gasteiger partial charge on any atom is -0.462 e. The first-order valence-corrected chi connectivity index (χ1v) is 44.2. The van der Waals surface area contributed by atoms with Crippen LogP contribution in [0.3, 0.4) is 0 Å². The van der Waals surface area contributed by atoms with Crippen LogP contribution in [-0.2, 0) is 65.4 Å². The smallest absolute Gasteiger partial charge is 0.462 e. The fraction of sp³-hybridized carbons (Fsp3) is 0.950. The lowest BCUT2D eigenvalue weighted by atomic mass is 9.99. The van der Waals surface area contributed by atoms with Gasteiger partial charge in [-0.25, -0.2) is 9.13 Å². The van der Waals surface area contributed by atoms with Crippen molar-refractivity contribution in [3.63, 3.8) is 0 Å². The van der Waals surface area contributed by atoms with E-state index >= 15 is 0 Å². The first kappa shape index (κ1) is 97.1. The molecule has 17 nitrogen and oxygen atoms in total. The predicted molar refractivity (Wildman–Crippen MR) is 404 cm³/mol. The Balaban J connectivity index is 5.21. The molecule has 588 valence electrons. The van der Waals surface area contributed by atoms with E-state index in [0.29, 0.717) is 31.6 Å². The third-order valence-corrected chi connectivity index (χ3v) is 20.8. The van der Waals surface area contributed by atoms with Crippen LogP contribution in [-0.4, -0.2) is 96.7 Å². The number of carbonyl (C=O) groups excluding carboxylic acids is 4.